The minimum Gasteiger partial charge on any atom is -0.466 e. The van der Waals surface area contributed by atoms with E-state index in [0.29, 0.717) is 10.8 Å². The molecule has 1 aromatic heterocycles. The number of alkyl halides is 1. The predicted molar refractivity (Wildman–Crippen MR) is 75.6 cm³/mol. The minimum absolute atomic E-state index is 0.0168. The summed E-state index contributed by atoms with van der Waals surface area (Å²) >= 11 is 5.71. The molecule has 2 rings (SSSR count). The number of hydrogen-bond acceptors (Lipinski definition) is 4. The third kappa shape index (κ3) is 3.91. The molecule has 1 aromatic rings. The molecule has 0 aromatic carbocycles. The van der Waals surface area contributed by atoms with Gasteiger partial charge in [0.15, 0.2) is 0 Å². The summed E-state index contributed by atoms with van der Waals surface area (Å²) < 4.78 is 18.5. The van der Waals surface area contributed by atoms with Crippen molar-refractivity contribution in [2.75, 3.05) is 11.9 Å². The van der Waals surface area contributed by atoms with E-state index in [2.05, 4.69) is 10.3 Å². The number of carbonyl (C=O) groups excluding carboxylic acids is 2. The summed E-state index contributed by atoms with van der Waals surface area (Å²) in [6, 6.07) is 3.13. The molecule has 1 N–H and O–H groups in total. The lowest BCUT2D eigenvalue weighted by Crippen LogP contribution is -2.31. The van der Waals surface area contributed by atoms with Crippen LogP contribution in [0.25, 0.3) is 0 Å². The highest BCUT2D eigenvalue weighted by Crippen LogP contribution is 2.35. The SMILES string of the molecule is CCOC(=O)C1CC(F)CC1C(=O)Nc1ccc(Cl)cn1. The molecular formula is C14H16ClFN2O3. The van der Waals surface area contributed by atoms with Crippen molar-refractivity contribution < 1.29 is 18.7 Å². The largest absolute Gasteiger partial charge is 0.466 e. The van der Waals surface area contributed by atoms with Gasteiger partial charge in [-0.25, -0.2) is 9.37 Å². The maximum absolute atomic E-state index is 13.6. The molecule has 0 saturated heterocycles. The van der Waals surface area contributed by atoms with Gasteiger partial charge in [0, 0.05) is 6.20 Å². The lowest BCUT2D eigenvalue weighted by atomic mass is 9.95. The van der Waals surface area contributed by atoms with Crippen LogP contribution in [0.4, 0.5) is 10.2 Å². The fourth-order valence-electron chi connectivity index (χ4n) is 2.44. The number of ether oxygens (including phenoxy) is 1. The zero-order valence-corrected chi connectivity index (χ0v) is 12.3. The van der Waals surface area contributed by atoms with Crippen molar-refractivity contribution in [1.29, 1.82) is 0 Å². The molecule has 1 aliphatic rings. The first-order chi connectivity index (χ1) is 10.0. The summed E-state index contributed by atoms with van der Waals surface area (Å²) in [5.41, 5.74) is 0. The van der Waals surface area contributed by atoms with Gasteiger partial charge in [0.25, 0.3) is 0 Å². The first-order valence-corrected chi connectivity index (χ1v) is 7.12. The Bertz CT molecular complexity index is 523. The molecule has 0 radical (unpaired) electrons. The average Bonchev–Trinajstić information content (AvgIpc) is 2.84. The average molecular weight is 315 g/mol. The van der Waals surface area contributed by atoms with Crippen LogP contribution in [0.3, 0.4) is 0 Å². The normalized spacial score (nSPS) is 24.6. The highest BCUT2D eigenvalue weighted by Gasteiger charge is 2.43. The van der Waals surface area contributed by atoms with Gasteiger partial charge in [0.2, 0.25) is 5.91 Å². The molecule has 1 saturated carbocycles. The van der Waals surface area contributed by atoms with Gasteiger partial charge in [0.05, 0.1) is 23.5 Å². The first-order valence-electron chi connectivity index (χ1n) is 6.74. The number of hydrogen-bond donors (Lipinski definition) is 1. The molecule has 0 spiro atoms. The van der Waals surface area contributed by atoms with Crippen molar-refractivity contribution in [2.45, 2.75) is 25.9 Å². The van der Waals surface area contributed by atoms with E-state index in [1.807, 2.05) is 0 Å². The fourth-order valence-corrected chi connectivity index (χ4v) is 2.56. The number of halogens is 2. The number of anilines is 1. The van der Waals surface area contributed by atoms with E-state index in [1.54, 1.807) is 19.1 Å². The molecule has 5 nitrogen and oxygen atoms in total. The molecule has 21 heavy (non-hydrogen) atoms. The van der Waals surface area contributed by atoms with E-state index < -0.39 is 29.9 Å². The zero-order valence-electron chi connectivity index (χ0n) is 11.5. The van der Waals surface area contributed by atoms with Gasteiger partial charge in [-0.1, -0.05) is 11.6 Å². The van der Waals surface area contributed by atoms with Crippen molar-refractivity contribution in [3.05, 3.63) is 23.4 Å². The second-order valence-corrected chi connectivity index (χ2v) is 5.32. The molecule has 7 heteroatoms. The number of nitrogens with zero attached hydrogens (tertiary/aromatic N) is 1. The monoisotopic (exact) mass is 314 g/mol. The quantitative estimate of drug-likeness (QED) is 0.867. The lowest BCUT2D eigenvalue weighted by molar-refractivity contribution is -0.151. The number of aromatic nitrogens is 1. The highest BCUT2D eigenvalue weighted by molar-refractivity contribution is 6.30. The smallest absolute Gasteiger partial charge is 0.309 e. The van der Waals surface area contributed by atoms with Crippen molar-refractivity contribution in [3.63, 3.8) is 0 Å². The van der Waals surface area contributed by atoms with E-state index >= 15 is 0 Å². The minimum atomic E-state index is -1.17. The molecular weight excluding hydrogens is 299 g/mol. The summed E-state index contributed by atoms with van der Waals surface area (Å²) in [6.07, 6.45) is 0.258. The van der Waals surface area contributed by atoms with Crippen LogP contribution >= 0.6 is 11.6 Å². The second-order valence-electron chi connectivity index (χ2n) is 4.88. The van der Waals surface area contributed by atoms with Crippen LogP contribution in [0, 0.1) is 11.8 Å². The van der Waals surface area contributed by atoms with Gasteiger partial charge < -0.3 is 10.1 Å². The third-order valence-corrected chi connectivity index (χ3v) is 3.63. The summed E-state index contributed by atoms with van der Waals surface area (Å²) in [6.45, 7) is 1.88. The molecule has 0 aliphatic heterocycles. The Hall–Kier alpha value is -1.69. The molecule has 1 heterocycles. The van der Waals surface area contributed by atoms with Gasteiger partial charge in [0.1, 0.15) is 12.0 Å². The molecule has 0 bridgehead atoms. The van der Waals surface area contributed by atoms with Crippen LogP contribution in [0.15, 0.2) is 18.3 Å². The Balaban J connectivity index is 2.05. The number of esters is 1. The molecule has 1 aliphatic carbocycles. The van der Waals surface area contributed by atoms with Gasteiger partial charge in [-0.15, -0.1) is 0 Å². The standard InChI is InChI=1S/C14H16ClFN2O3/c1-2-21-14(20)11-6-9(16)5-10(11)13(19)18-12-4-3-8(15)7-17-12/h3-4,7,9-11H,2,5-6H2,1H3,(H,17,18,19). The summed E-state index contributed by atoms with van der Waals surface area (Å²) in [7, 11) is 0. The van der Waals surface area contributed by atoms with Crippen LogP contribution in [0.5, 0.6) is 0 Å². The molecule has 1 amide bonds. The Morgan fingerprint density at radius 1 is 1.43 bits per heavy atom. The van der Waals surface area contributed by atoms with E-state index in [9.17, 15) is 14.0 Å². The Labute approximate surface area is 126 Å². The maximum atomic E-state index is 13.6. The lowest BCUT2D eigenvalue weighted by Gasteiger charge is -2.17. The van der Waals surface area contributed by atoms with E-state index in [1.165, 1.54) is 6.20 Å². The number of rotatable bonds is 4. The Morgan fingerprint density at radius 2 is 2.14 bits per heavy atom. The van der Waals surface area contributed by atoms with Crippen LogP contribution in [-0.4, -0.2) is 29.6 Å². The number of carbonyl (C=O) groups is 2. The Kier molecular flexibility index (Phi) is 5.12. The van der Waals surface area contributed by atoms with Gasteiger partial charge in [-0.05, 0) is 31.9 Å². The predicted octanol–water partition coefficient (Wildman–Crippen LogP) is 2.60. The maximum Gasteiger partial charge on any atom is 0.309 e. The first kappa shape index (κ1) is 15.7. The van der Waals surface area contributed by atoms with E-state index in [-0.39, 0.29) is 19.4 Å². The van der Waals surface area contributed by atoms with Crippen LogP contribution in [-0.2, 0) is 14.3 Å². The summed E-state index contributed by atoms with van der Waals surface area (Å²) in [4.78, 5) is 27.9. The molecule has 1 fully saturated rings. The van der Waals surface area contributed by atoms with Crippen LogP contribution in [0.1, 0.15) is 19.8 Å². The van der Waals surface area contributed by atoms with Crippen LogP contribution in [0.2, 0.25) is 5.02 Å². The Morgan fingerprint density at radius 3 is 2.76 bits per heavy atom. The van der Waals surface area contributed by atoms with Crippen molar-refractivity contribution in [2.24, 2.45) is 11.8 Å². The summed E-state index contributed by atoms with van der Waals surface area (Å²) in [5, 5.41) is 3.02. The highest BCUT2D eigenvalue weighted by atomic mass is 35.5. The molecule has 3 atom stereocenters. The number of amides is 1. The second kappa shape index (κ2) is 6.85. The third-order valence-electron chi connectivity index (χ3n) is 3.41. The van der Waals surface area contributed by atoms with Crippen molar-refractivity contribution in [1.82, 2.24) is 4.98 Å². The number of nitrogens with one attached hydrogen (secondary N) is 1. The molecule has 114 valence electrons. The van der Waals surface area contributed by atoms with Gasteiger partial charge in [-0.3, -0.25) is 9.59 Å². The van der Waals surface area contributed by atoms with Crippen molar-refractivity contribution in [3.8, 4) is 0 Å². The van der Waals surface area contributed by atoms with Gasteiger partial charge in [-0.2, -0.15) is 0 Å². The number of pyridine rings is 1. The zero-order chi connectivity index (χ0) is 15.4. The fraction of sp³-hybridized carbons (Fsp3) is 0.500. The van der Waals surface area contributed by atoms with Crippen molar-refractivity contribution >= 4 is 29.3 Å². The van der Waals surface area contributed by atoms with E-state index in [0.717, 1.165) is 0 Å². The topological polar surface area (TPSA) is 68.3 Å². The van der Waals surface area contributed by atoms with E-state index in [4.69, 9.17) is 16.3 Å². The van der Waals surface area contributed by atoms with Gasteiger partial charge >= 0.3 is 5.97 Å². The summed E-state index contributed by atoms with van der Waals surface area (Å²) in [5.74, 6) is -2.12. The van der Waals surface area contributed by atoms with Crippen LogP contribution < -0.4 is 5.32 Å². The molecule has 3 unspecified atom stereocenters.